The summed E-state index contributed by atoms with van der Waals surface area (Å²) in [7, 11) is 0. The average molecular weight is 313 g/mol. The monoisotopic (exact) mass is 311 g/mol. The first-order valence-corrected chi connectivity index (χ1v) is 6.36. The zero-order valence-electron chi connectivity index (χ0n) is 8.98. The van der Waals surface area contributed by atoms with E-state index in [-0.39, 0.29) is 0 Å². The highest BCUT2D eigenvalue weighted by molar-refractivity contribution is 9.10. The second-order valence-electron chi connectivity index (χ2n) is 3.74. The van der Waals surface area contributed by atoms with Gasteiger partial charge in [-0.25, -0.2) is 0 Å². The first kappa shape index (κ1) is 12.6. The summed E-state index contributed by atoms with van der Waals surface area (Å²) in [5.41, 5.74) is 1.89. The third-order valence-corrected chi connectivity index (χ3v) is 3.42. The molecule has 2 nitrogen and oxygen atoms in total. The Morgan fingerprint density at radius 2 is 1.94 bits per heavy atom. The van der Waals surface area contributed by atoms with Crippen LogP contribution in [0.2, 0.25) is 5.02 Å². The van der Waals surface area contributed by atoms with Gasteiger partial charge in [0.1, 0.15) is 0 Å². The SMILES string of the molecule is OC(Cc1ccncc1)c1ccc(Cl)cc1Br. The second kappa shape index (κ2) is 5.63. The Morgan fingerprint density at radius 3 is 2.59 bits per heavy atom. The van der Waals surface area contributed by atoms with Gasteiger partial charge >= 0.3 is 0 Å². The van der Waals surface area contributed by atoms with Gasteiger partial charge in [0.2, 0.25) is 0 Å². The number of halogens is 2. The number of aliphatic hydroxyl groups is 1. The number of pyridine rings is 1. The van der Waals surface area contributed by atoms with Crippen LogP contribution >= 0.6 is 27.5 Å². The van der Waals surface area contributed by atoms with E-state index in [1.165, 1.54) is 0 Å². The fraction of sp³-hybridized carbons (Fsp3) is 0.154. The summed E-state index contributed by atoms with van der Waals surface area (Å²) in [5, 5.41) is 10.8. The topological polar surface area (TPSA) is 33.1 Å². The van der Waals surface area contributed by atoms with Gasteiger partial charge in [0.15, 0.2) is 0 Å². The normalized spacial score (nSPS) is 12.4. The standard InChI is InChI=1S/C13H11BrClNO/c14-12-8-10(15)1-2-11(12)13(17)7-9-3-5-16-6-4-9/h1-6,8,13,17H,7H2. The van der Waals surface area contributed by atoms with Crippen LogP contribution in [0.4, 0.5) is 0 Å². The van der Waals surface area contributed by atoms with E-state index in [0.29, 0.717) is 11.4 Å². The predicted molar refractivity (Wildman–Crippen MR) is 72.1 cm³/mol. The highest BCUT2D eigenvalue weighted by Gasteiger charge is 2.12. The molecule has 1 aromatic heterocycles. The molecule has 1 aromatic carbocycles. The molecule has 1 heterocycles. The van der Waals surface area contributed by atoms with Crippen LogP contribution < -0.4 is 0 Å². The Bertz CT molecular complexity index is 504. The van der Waals surface area contributed by atoms with Gasteiger partial charge in [-0.2, -0.15) is 0 Å². The zero-order valence-corrected chi connectivity index (χ0v) is 11.3. The van der Waals surface area contributed by atoms with Gasteiger partial charge in [-0.15, -0.1) is 0 Å². The molecule has 0 fully saturated rings. The van der Waals surface area contributed by atoms with Gasteiger partial charge in [0, 0.05) is 28.3 Å². The summed E-state index contributed by atoms with van der Waals surface area (Å²) < 4.78 is 0.826. The fourth-order valence-electron chi connectivity index (χ4n) is 1.62. The van der Waals surface area contributed by atoms with E-state index in [2.05, 4.69) is 20.9 Å². The molecule has 4 heteroatoms. The van der Waals surface area contributed by atoms with E-state index in [1.807, 2.05) is 18.2 Å². The van der Waals surface area contributed by atoms with Crippen molar-refractivity contribution in [3.63, 3.8) is 0 Å². The number of aromatic nitrogens is 1. The molecule has 0 bridgehead atoms. The molecule has 0 saturated heterocycles. The van der Waals surface area contributed by atoms with Crippen LogP contribution in [0.25, 0.3) is 0 Å². The first-order valence-electron chi connectivity index (χ1n) is 5.19. The predicted octanol–water partition coefficient (Wildman–Crippen LogP) is 3.77. The Kier molecular flexibility index (Phi) is 4.15. The van der Waals surface area contributed by atoms with Crippen molar-refractivity contribution in [2.45, 2.75) is 12.5 Å². The number of hydrogen-bond acceptors (Lipinski definition) is 2. The minimum Gasteiger partial charge on any atom is -0.388 e. The van der Waals surface area contributed by atoms with Crippen molar-refractivity contribution >= 4 is 27.5 Å². The first-order chi connectivity index (χ1) is 8.16. The third-order valence-electron chi connectivity index (χ3n) is 2.50. The molecule has 0 aliphatic heterocycles. The van der Waals surface area contributed by atoms with Crippen molar-refractivity contribution in [3.8, 4) is 0 Å². The summed E-state index contributed by atoms with van der Waals surface area (Å²) in [4.78, 5) is 3.95. The fourth-order valence-corrected chi connectivity index (χ4v) is 2.57. The van der Waals surface area contributed by atoms with Gasteiger partial charge in [0.25, 0.3) is 0 Å². The molecule has 1 unspecified atom stereocenters. The van der Waals surface area contributed by atoms with E-state index >= 15 is 0 Å². The highest BCUT2D eigenvalue weighted by atomic mass is 79.9. The number of aliphatic hydroxyl groups excluding tert-OH is 1. The van der Waals surface area contributed by atoms with Gasteiger partial charge in [-0.3, -0.25) is 4.98 Å². The molecular weight excluding hydrogens is 302 g/mol. The molecule has 1 atom stereocenters. The van der Waals surface area contributed by atoms with Crippen molar-refractivity contribution in [2.75, 3.05) is 0 Å². The Hall–Kier alpha value is -0.900. The molecule has 17 heavy (non-hydrogen) atoms. The lowest BCUT2D eigenvalue weighted by atomic mass is 10.0. The van der Waals surface area contributed by atoms with Crippen molar-refractivity contribution in [1.29, 1.82) is 0 Å². The van der Waals surface area contributed by atoms with Crippen molar-refractivity contribution in [1.82, 2.24) is 4.98 Å². The maximum atomic E-state index is 10.2. The van der Waals surface area contributed by atoms with Crippen LogP contribution in [-0.2, 0) is 6.42 Å². The Balaban J connectivity index is 2.17. The molecule has 1 N–H and O–H groups in total. The molecule has 0 spiro atoms. The van der Waals surface area contributed by atoms with Crippen LogP contribution in [0, 0.1) is 0 Å². The summed E-state index contributed by atoms with van der Waals surface area (Å²) in [6, 6.07) is 9.18. The molecule has 0 radical (unpaired) electrons. The third kappa shape index (κ3) is 3.28. The minimum atomic E-state index is -0.552. The maximum absolute atomic E-state index is 10.2. The maximum Gasteiger partial charge on any atom is 0.0841 e. The molecule has 0 aliphatic carbocycles. The number of hydrogen-bond donors (Lipinski definition) is 1. The van der Waals surface area contributed by atoms with Gasteiger partial charge in [0.05, 0.1) is 6.10 Å². The van der Waals surface area contributed by atoms with Crippen LogP contribution in [0.1, 0.15) is 17.2 Å². The average Bonchev–Trinajstić information content (AvgIpc) is 2.30. The van der Waals surface area contributed by atoms with E-state index in [0.717, 1.165) is 15.6 Å². The summed E-state index contributed by atoms with van der Waals surface area (Å²) in [5.74, 6) is 0. The highest BCUT2D eigenvalue weighted by Crippen LogP contribution is 2.28. The van der Waals surface area contributed by atoms with Gasteiger partial charge < -0.3 is 5.11 Å². The molecular formula is C13H11BrClNO. The lowest BCUT2D eigenvalue weighted by molar-refractivity contribution is 0.177. The summed E-state index contributed by atoms with van der Waals surface area (Å²) in [6.45, 7) is 0. The largest absolute Gasteiger partial charge is 0.388 e. The Labute approximate surface area is 113 Å². The van der Waals surface area contributed by atoms with Crippen molar-refractivity contribution in [2.24, 2.45) is 0 Å². The van der Waals surface area contributed by atoms with E-state index in [4.69, 9.17) is 11.6 Å². The zero-order chi connectivity index (χ0) is 12.3. The lowest BCUT2D eigenvalue weighted by Crippen LogP contribution is -2.02. The van der Waals surface area contributed by atoms with Crippen LogP contribution in [0.3, 0.4) is 0 Å². The molecule has 0 saturated carbocycles. The molecule has 2 aromatic rings. The molecule has 0 amide bonds. The quantitative estimate of drug-likeness (QED) is 0.936. The van der Waals surface area contributed by atoms with Gasteiger partial charge in [-0.1, -0.05) is 33.6 Å². The lowest BCUT2D eigenvalue weighted by Gasteiger charge is -2.13. The van der Waals surface area contributed by atoms with E-state index in [9.17, 15) is 5.11 Å². The second-order valence-corrected chi connectivity index (χ2v) is 5.03. The van der Waals surface area contributed by atoms with Crippen molar-refractivity contribution in [3.05, 3.63) is 63.3 Å². The summed E-state index contributed by atoms with van der Waals surface area (Å²) in [6.07, 6.45) is 3.45. The minimum absolute atomic E-state index is 0.552. The van der Waals surface area contributed by atoms with E-state index in [1.54, 1.807) is 24.5 Å². The van der Waals surface area contributed by atoms with Crippen molar-refractivity contribution < 1.29 is 5.11 Å². The van der Waals surface area contributed by atoms with Gasteiger partial charge in [-0.05, 0) is 35.4 Å². The van der Waals surface area contributed by atoms with Crippen LogP contribution in [0.5, 0.6) is 0 Å². The summed E-state index contributed by atoms with van der Waals surface area (Å²) >= 11 is 9.27. The Morgan fingerprint density at radius 1 is 1.24 bits per heavy atom. The number of nitrogens with zero attached hydrogens (tertiary/aromatic N) is 1. The molecule has 88 valence electrons. The van der Waals surface area contributed by atoms with Crippen LogP contribution in [0.15, 0.2) is 47.2 Å². The number of benzene rings is 1. The molecule has 0 aliphatic rings. The number of rotatable bonds is 3. The van der Waals surface area contributed by atoms with E-state index < -0.39 is 6.10 Å². The smallest absolute Gasteiger partial charge is 0.0841 e. The molecule has 2 rings (SSSR count). The van der Waals surface area contributed by atoms with Crippen LogP contribution in [-0.4, -0.2) is 10.1 Å².